The quantitative estimate of drug-likeness (QED) is 0.878. The molecule has 1 atom stereocenters. The lowest BCUT2D eigenvalue weighted by Crippen LogP contribution is -2.19. The van der Waals surface area contributed by atoms with E-state index in [-0.39, 0.29) is 11.9 Å². The summed E-state index contributed by atoms with van der Waals surface area (Å²) in [6.45, 7) is 4.26. The van der Waals surface area contributed by atoms with E-state index in [1.165, 1.54) is 6.07 Å². The summed E-state index contributed by atoms with van der Waals surface area (Å²) in [5.74, 6) is 0.508. The predicted octanol–water partition coefficient (Wildman–Crippen LogP) is 4.50. The fourth-order valence-corrected chi connectivity index (χ4v) is 2.64. The van der Waals surface area contributed by atoms with E-state index in [9.17, 15) is 4.39 Å². The molecule has 0 saturated heterocycles. The molecule has 2 aromatic rings. The Balaban J connectivity index is 2.52. The third kappa shape index (κ3) is 3.36. The number of nitrogens with one attached hydrogen (secondary N) is 1. The maximum atomic E-state index is 13.6. The minimum atomic E-state index is -0.295. The van der Waals surface area contributed by atoms with E-state index in [0.29, 0.717) is 17.2 Å². The molecule has 4 heteroatoms. The van der Waals surface area contributed by atoms with Crippen molar-refractivity contribution in [1.82, 2.24) is 5.32 Å². The van der Waals surface area contributed by atoms with E-state index in [4.69, 9.17) is 16.3 Å². The summed E-state index contributed by atoms with van der Waals surface area (Å²) < 4.78 is 19.3. The highest BCUT2D eigenvalue weighted by molar-refractivity contribution is 6.31. The normalized spacial score (nSPS) is 12.2. The Morgan fingerprint density at radius 2 is 1.95 bits per heavy atom. The van der Waals surface area contributed by atoms with E-state index < -0.39 is 0 Å². The second-order valence-corrected chi connectivity index (χ2v) is 5.22. The van der Waals surface area contributed by atoms with E-state index in [1.54, 1.807) is 13.0 Å². The largest absolute Gasteiger partial charge is 0.494 e. The van der Waals surface area contributed by atoms with Gasteiger partial charge in [-0.05, 0) is 50.2 Å². The van der Waals surface area contributed by atoms with Crippen molar-refractivity contribution < 1.29 is 9.13 Å². The smallest absolute Gasteiger partial charge is 0.127 e. The third-order valence-corrected chi connectivity index (χ3v) is 3.73. The summed E-state index contributed by atoms with van der Waals surface area (Å²) in [6.07, 6.45) is 0. The molecule has 0 bridgehead atoms. The molecule has 0 aliphatic carbocycles. The zero-order valence-corrected chi connectivity index (χ0v) is 13.2. The lowest BCUT2D eigenvalue weighted by molar-refractivity contribution is 0.334. The average molecular weight is 308 g/mol. The van der Waals surface area contributed by atoms with Crippen LogP contribution < -0.4 is 10.1 Å². The number of benzene rings is 2. The molecule has 1 N–H and O–H groups in total. The van der Waals surface area contributed by atoms with Gasteiger partial charge >= 0.3 is 0 Å². The Hall–Kier alpha value is -1.58. The number of para-hydroxylation sites is 1. The van der Waals surface area contributed by atoms with Crippen LogP contribution in [0.15, 0.2) is 36.4 Å². The van der Waals surface area contributed by atoms with Crippen LogP contribution in [0.2, 0.25) is 5.02 Å². The highest BCUT2D eigenvalue weighted by atomic mass is 35.5. The molecule has 0 saturated carbocycles. The van der Waals surface area contributed by atoms with Crippen LogP contribution in [0, 0.1) is 12.7 Å². The van der Waals surface area contributed by atoms with Crippen molar-refractivity contribution in [2.45, 2.75) is 19.9 Å². The van der Waals surface area contributed by atoms with Crippen LogP contribution in [-0.4, -0.2) is 13.7 Å². The molecule has 0 heterocycles. The summed E-state index contributed by atoms with van der Waals surface area (Å²) in [5, 5.41) is 3.64. The van der Waals surface area contributed by atoms with Gasteiger partial charge in [-0.15, -0.1) is 0 Å². The number of aryl methyl sites for hydroxylation is 1. The van der Waals surface area contributed by atoms with Gasteiger partial charge in [0.05, 0.1) is 12.6 Å². The van der Waals surface area contributed by atoms with Crippen molar-refractivity contribution in [1.29, 1.82) is 0 Å². The lowest BCUT2D eigenvalue weighted by atomic mass is 9.96. The van der Waals surface area contributed by atoms with Crippen LogP contribution in [0.25, 0.3) is 0 Å². The minimum Gasteiger partial charge on any atom is -0.494 e. The molecular formula is C17H19ClFNO. The van der Waals surface area contributed by atoms with Gasteiger partial charge in [0, 0.05) is 10.6 Å². The van der Waals surface area contributed by atoms with Crippen LogP contribution in [0.1, 0.15) is 29.7 Å². The first kappa shape index (κ1) is 15.8. The van der Waals surface area contributed by atoms with Gasteiger partial charge in [0.2, 0.25) is 0 Å². The lowest BCUT2D eigenvalue weighted by Gasteiger charge is -2.22. The summed E-state index contributed by atoms with van der Waals surface area (Å²) in [7, 11) is 1.85. The molecule has 2 aromatic carbocycles. The van der Waals surface area contributed by atoms with Gasteiger partial charge in [0.1, 0.15) is 11.6 Å². The van der Waals surface area contributed by atoms with Crippen molar-refractivity contribution >= 4 is 11.6 Å². The molecule has 21 heavy (non-hydrogen) atoms. The molecule has 0 fully saturated rings. The van der Waals surface area contributed by atoms with Gasteiger partial charge in [-0.2, -0.15) is 0 Å². The van der Waals surface area contributed by atoms with Gasteiger partial charge in [-0.25, -0.2) is 4.39 Å². The Labute approximate surface area is 129 Å². The first-order valence-electron chi connectivity index (χ1n) is 6.93. The first-order valence-corrected chi connectivity index (χ1v) is 7.30. The SMILES string of the molecule is CCOc1ccccc1C(NC)c1cc(C)c(F)cc1Cl. The minimum absolute atomic E-state index is 0.153. The van der Waals surface area contributed by atoms with E-state index in [0.717, 1.165) is 16.9 Å². The number of rotatable bonds is 5. The van der Waals surface area contributed by atoms with Crippen LogP contribution in [0.5, 0.6) is 5.75 Å². The molecule has 1 unspecified atom stereocenters. The van der Waals surface area contributed by atoms with Gasteiger partial charge < -0.3 is 10.1 Å². The second-order valence-electron chi connectivity index (χ2n) is 4.82. The Bertz CT molecular complexity index is 630. The van der Waals surface area contributed by atoms with Crippen molar-refractivity contribution in [3.8, 4) is 5.75 Å². The second kappa shape index (κ2) is 6.92. The highest BCUT2D eigenvalue weighted by Gasteiger charge is 2.20. The molecule has 0 radical (unpaired) electrons. The van der Waals surface area contributed by atoms with Crippen LogP contribution >= 0.6 is 11.6 Å². The average Bonchev–Trinajstić information content (AvgIpc) is 2.47. The summed E-state index contributed by atoms with van der Waals surface area (Å²) in [4.78, 5) is 0. The zero-order chi connectivity index (χ0) is 15.4. The fraction of sp³-hybridized carbons (Fsp3) is 0.294. The van der Waals surface area contributed by atoms with Crippen molar-refractivity contribution in [3.05, 3.63) is 63.9 Å². The van der Waals surface area contributed by atoms with Gasteiger partial charge in [-0.3, -0.25) is 0 Å². The fourth-order valence-electron chi connectivity index (χ4n) is 2.39. The number of hydrogen-bond donors (Lipinski definition) is 1. The molecule has 2 nitrogen and oxygen atoms in total. The maximum absolute atomic E-state index is 13.6. The molecule has 0 aromatic heterocycles. The standard InChI is InChI=1S/C17H19ClFNO/c1-4-21-16-8-6-5-7-12(16)17(20-3)13-9-11(2)15(19)10-14(13)18/h5-10,17,20H,4H2,1-3H3. The molecule has 0 aliphatic heterocycles. The van der Waals surface area contributed by atoms with Gasteiger partial charge in [0.15, 0.2) is 0 Å². The molecular weight excluding hydrogens is 289 g/mol. The van der Waals surface area contributed by atoms with Gasteiger partial charge in [0.25, 0.3) is 0 Å². The topological polar surface area (TPSA) is 21.3 Å². The van der Waals surface area contributed by atoms with Crippen molar-refractivity contribution in [3.63, 3.8) is 0 Å². The van der Waals surface area contributed by atoms with Crippen LogP contribution in [-0.2, 0) is 0 Å². The molecule has 0 aliphatic rings. The highest BCUT2D eigenvalue weighted by Crippen LogP contribution is 2.34. The molecule has 112 valence electrons. The monoisotopic (exact) mass is 307 g/mol. The number of halogens is 2. The number of ether oxygens (including phenoxy) is 1. The van der Waals surface area contributed by atoms with Crippen LogP contribution in [0.4, 0.5) is 4.39 Å². The third-order valence-electron chi connectivity index (χ3n) is 3.41. The molecule has 2 rings (SSSR count). The van der Waals surface area contributed by atoms with E-state index in [1.807, 2.05) is 38.2 Å². The van der Waals surface area contributed by atoms with Gasteiger partial charge in [-0.1, -0.05) is 29.8 Å². The van der Waals surface area contributed by atoms with Crippen LogP contribution in [0.3, 0.4) is 0 Å². The Morgan fingerprint density at radius 3 is 2.62 bits per heavy atom. The summed E-state index contributed by atoms with van der Waals surface area (Å²) >= 11 is 6.23. The van der Waals surface area contributed by atoms with Crippen molar-refractivity contribution in [2.75, 3.05) is 13.7 Å². The Kier molecular flexibility index (Phi) is 5.21. The summed E-state index contributed by atoms with van der Waals surface area (Å²) in [6, 6.07) is 10.8. The maximum Gasteiger partial charge on any atom is 0.127 e. The van der Waals surface area contributed by atoms with E-state index in [2.05, 4.69) is 5.32 Å². The van der Waals surface area contributed by atoms with E-state index >= 15 is 0 Å². The first-order chi connectivity index (χ1) is 10.1. The zero-order valence-electron chi connectivity index (χ0n) is 12.4. The molecule has 0 spiro atoms. The predicted molar refractivity (Wildman–Crippen MR) is 84.7 cm³/mol. The summed E-state index contributed by atoms with van der Waals surface area (Å²) in [5.41, 5.74) is 2.39. The Morgan fingerprint density at radius 1 is 1.24 bits per heavy atom. The number of hydrogen-bond acceptors (Lipinski definition) is 2. The van der Waals surface area contributed by atoms with Crippen molar-refractivity contribution in [2.24, 2.45) is 0 Å². The molecule has 0 amide bonds.